The maximum absolute atomic E-state index is 12.0. The molecule has 0 amide bonds. The van der Waals surface area contributed by atoms with Crippen molar-refractivity contribution in [1.82, 2.24) is 14.9 Å². The molecule has 132 valence electrons. The topological polar surface area (TPSA) is 71.4 Å². The second-order valence-corrected chi connectivity index (χ2v) is 7.40. The van der Waals surface area contributed by atoms with Crippen LogP contribution in [0.2, 0.25) is 0 Å². The average Bonchev–Trinajstić information content (AvgIpc) is 3.25. The molecule has 0 aromatic carbocycles. The molecule has 0 saturated carbocycles. The first-order valence-corrected chi connectivity index (χ1v) is 9.42. The van der Waals surface area contributed by atoms with Crippen molar-refractivity contribution in [1.29, 1.82) is 0 Å². The lowest BCUT2D eigenvalue weighted by Crippen LogP contribution is -2.21. The second-order valence-electron chi connectivity index (χ2n) is 6.48. The molecule has 1 N–H and O–H groups in total. The van der Waals surface area contributed by atoms with Gasteiger partial charge in [0.25, 0.3) is 5.56 Å². The normalized spacial score (nSPS) is 18.2. The third-order valence-electron chi connectivity index (χ3n) is 4.39. The lowest BCUT2D eigenvalue weighted by atomic mass is 10.1. The first-order valence-electron chi connectivity index (χ1n) is 8.54. The summed E-state index contributed by atoms with van der Waals surface area (Å²) in [6.07, 6.45) is 3.43. The van der Waals surface area contributed by atoms with Crippen LogP contribution in [0.1, 0.15) is 42.7 Å². The van der Waals surface area contributed by atoms with E-state index in [9.17, 15) is 4.79 Å². The van der Waals surface area contributed by atoms with Crippen molar-refractivity contribution >= 4 is 21.6 Å². The molecular formula is C18H21N3O3S. The molecule has 0 radical (unpaired) electrons. The molecule has 3 aromatic heterocycles. The maximum Gasteiger partial charge on any atom is 0.268 e. The number of hydrogen-bond donors (Lipinski definition) is 1. The molecule has 1 unspecified atom stereocenters. The Balaban J connectivity index is 1.42. The minimum absolute atomic E-state index is 0.0712. The molecule has 1 fully saturated rings. The predicted molar refractivity (Wildman–Crippen MR) is 96.7 cm³/mol. The van der Waals surface area contributed by atoms with Crippen molar-refractivity contribution in [3.8, 4) is 0 Å². The number of ether oxygens (including phenoxy) is 1. The Kier molecular flexibility index (Phi) is 4.70. The third kappa shape index (κ3) is 3.68. The molecule has 4 heterocycles. The number of thiophene rings is 1. The summed E-state index contributed by atoms with van der Waals surface area (Å²) >= 11 is 1.41. The lowest BCUT2D eigenvalue weighted by molar-refractivity contribution is 0.000900. The number of aromatic amines is 1. The van der Waals surface area contributed by atoms with Gasteiger partial charge in [-0.25, -0.2) is 4.98 Å². The van der Waals surface area contributed by atoms with Gasteiger partial charge in [-0.15, -0.1) is 11.3 Å². The van der Waals surface area contributed by atoms with Gasteiger partial charge in [0.2, 0.25) is 0 Å². The zero-order chi connectivity index (χ0) is 17.2. The van der Waals surface area contributed by atoms with Crippen LogP contribution in [0.5, 0.6) is 0 Å². The van der Waals surface area contributed by atoms with Gasteiger partial charge in [0.05, 0.1) is 18.6 Å². The van der Waals surface area contributed by atoms with Gasteiger partial charge < -0.3 is 14.1 Å². The number of rotatable bonds is 5. The Labute approximate surface area is 149 Å². The zero-order valence-electron chi connectivity index (χ0n) is 14.2. The summed E-state index contributed by atoms with van der Waals surface area (Å²) in [7, 11) is 1.98. The molecule has 3 aromatic rings. The van der Waals surface area contributed by atoms with E-state index in [1.165, 1.54) is 17.8 Å². The van der Waals surface area contributed by atoms with Crippen LogP contribution >= 0.6 is 11.3 Å². The highest BCUT2D eigenvalue weighted by atomic mass is 32.1. The Bertz CT molecular complexity index is 908. The largest absolute Gasteiger partial charge is 0.462 e. The van der Waals surface area contributed by atoms with Crippen LogP contribution in [0.25, 0.3) is 10.2 Å². The van der Waals surface area contributed by atoms with E-state index in [1.807, 2.05) is 30.6 Å². The van der Waals surface area contributed by atoms with E-state index < -0.39 is 0 Å². The quantitative estimate of drug-likeness (QED) is 0.755. The summed E-state index contributed by atoms with van der Waals surface area (Å²) in [4.78, 5) is 21.5. The van der Waals surface area contributed by atoms with Gasteiger partial charge in [-0.05, 0) is 49.9 Å². The number of furan rings is 1. The van der Waals surface area contributed by atoms with Gasteiger partial charge in [0, 0.05) is 6.61 Å². The number of hydrogen-bond acceptors (Lipinski definition) is 6. The number of nitrogens with one attached hydrogen (secondary N) is 1. The standard InChI is InChI=1S/C18H21N3O3S/c1-21(11-16-19-13-7-9-25-17(13)18(22)20-16)10-12-5-6-15(24-12)14-4-2-3-8-23-14/h5-7,9,14H,2-4,8,10-11H2,1H3,(H,19,20,22). The van der Waals surface area contributed by atoms with Gasteiger partial charge >= 0.3 is 0 Å². The predicted octanol–water partition coefficient (Wildman–Crippen LogP) is 3.45. The molecule has 1 atom stereocenters. The molecule has 4 rings (SSSR count). The van der Waals surface area contributed by atoms with Crippen LogP contribution < -0.4 is 5.56 Å². The summed E-state index contributed by atoms with van der Waals surface area (Å²) < 4.78 is 12.4. The first-order chi connectivity index (χ1) is 12.2. The molecule has 7 heteroatoms. The van der Waals surface area contributed by atoms with Crippen LogP contribution in [0.15, 0.2) is 32.8 Å². The fourth-order valence-corrected chi connectivity index (χ4v) is 3.92. The van der Waals surface area contributed by atoms with Crippen LogP contribution in [-0.4, -0.2) is 28.5 Å². The van der Waals surface area contributed by atoms with Gasteiger partial charge in [-0.3, -0.25) is 9.69 Å². The Morgan fingerprint density at radius 3 is 3.08 bits per heavy atom. The van der Waals surface area contributed by atoms with Crippen LogP contribution in [0, 0.1) is 0 Å². The van der Waals surface area contributed by atoms with E-state index in [4.69, 9.17) is 9.15 Å². The fraction of sp³-hybridized carbons (Fsp3) is 0.444. The summed E-state index contributed by atoms with van der Waals surface area (Å²) in [5.74, 6) is 2.47. The van der Waals surface area contributed by atoms with E-state index in [-0.39, 0.29) is 11.7 Å². The van der Waals surface area contributed by atoms with Crippen LogP contribution in [0.3, 0.4) is 0 Å². The first kappa shape index (κ1) is 16.5. The van der Waals surface area contributed by atoms with E-state index in [0.717, 1.165) is 36.5 Å². The highest BCUT2D eigenvalue weighted by Gasteiger charge is 2.19. The molecule has 6 nitrogen and oxygen atoms in total. The second kappa shape index (κ2) is 7.11. The Hall–Kier alpha value is -1.96. The van der Waals surface area contributed by atoms with Crippen molar-refractivity contribution in [2.45, 2.75) is 38.5 Å². The number of nitrogens with zero attached hydrogens (tertiary/aromatic N) is 2. The van der Waals surface area contributed by atoms with Crippen LogP contribution in [-0.2, 0) is 17.8 Å². The lowest BCUT2D eigenvalue weighted by Gasteiger charge is -2.20. The Morgan fingerprint density at radius 1 is 1.32 bits per heavy atom. The zero-order valence-corrected chi connectivity index (χ0v) is 15.0. The molecule has 1 aliphatic heterocycles. The number of H-pyrrole nitrogens is 1. The summed E-state index contributed by atoms with van der Waals surface area (Å²) in [5.41, 5.74) is 0.685. The molecule has 0 aliphatic carbocycles. The summed E-state index contributed by atoms with van der Waals surface area (Å²) in [6, 6.07) is 5.89. The highest BCUT2D eigenvalue weighted by molar-refractivity contribution is 7.17. The minimum atomic E-state index is -0.0712. The van der Waals surface area contributed by atoms with E-state index in [1.54, 1.807) is 0 Å². The minimum Gasteiger partial charge on any atom is -0.462 e. The number of aromatic nitrogens is 2. The molecule has 1 saturated heterocycles. The van der Waals surface area contributed by atoms with Gasteiger partial charge in [-0.2, -0.15) is 0 Å². The van der Waals surface area contributed by atoms with E-state index in [0.29, 0.717) is 23.6 Å². The Morgan fingerprint density at radius 2 is 2.24 bits per heavy atom. The van der Waals surface area contributed by atoms with Crippen molar-refractivity contribution < 1.29 is 9.15 Å². The number of fused-ring (bicyclic) bond motifs is 1. The molecule has 0 bridgehead atoms. The third-order valence-corrected chi connectivity index (χ3v) is 5.29. The summed E-state index contributed by atoms with van der Waals surface area (Å²) in [5, 5.41) is 1.89. The average molecular weight is 359 g/mol. The van der Waals surface area contributed by atoms with Crippen molar-refractivity contribution in [2.24, 2.45) is 0 Å². The van der Waals surface area contributed by atoms with Crippen molar-refractivity contribution in [3.05, 3.63) is 51.3 Å². The van der Waals surface area contributed by atoms with Crippen molar-refractivity contribution in [3.63, 3.8) is 0 Å². The van der Waals surface area contributed by atoms with Crippen molar-refractivity contribution in [2.75, 3.05) is 13.7 Å². The molecule has 1 aliphatic rings. The van der Waals surface area contributed by atoms with E-state index in [2.05, 4.69) is 14.9 Å². The van der Waals surface area contributed by atoms with E-state index >= 15 is 0 Å². The van der Waals surface area contributed by atoms with Gasteiger partial charge in [0.15, 0.2) is 0 Å². The summed E-state index contributed by atoms with van der Waals surface area (Å²) in [6.45, 7) is 2.01. The molecular weight excluding hydrogens is 338 g/mol. The maximum atomic E-state index is 12.0. The molecule has 0 spiro atoms. The molecule has 25 heavy (non-hydrogen) atoms. The smallest absolute Gasteiger partial charge is 0.268 e. The van der Waals surface area contributed by atoms with Gasteiger partial charge in [-0.1, -0.05) is 0 Å². The highest BCUT2D eigenvalue weighted by Crippen LogP contribution is 2.29. The fourth-order valence-electron chi connectivity index (χ4n) is 3.19. The van der Waals surface area contributed by atoms with Gasteiger partial charge in [0.1, 0.15) is 28.1 Å². The monoisotopic (exact) mass is 359 g/mol. The van der Waals surface area contributed by atoms with Crippen LogP contribution in [0.4, 0.5) is 0 Å². The SMILES string of the molecule is CN(Cc1nc2ccsc2c(=O)[nH]1)Cc1ccc(C2CCCCO2)o1.